The first-order valence-corrected chi connectivity index (χ1v) is 11.3. The Bertz CT molecular complexity index is 1270. The zero-order valence-corrected chi connectivity index (χ0v) is 18.8. The van der Waals surface area contributed by atoms with E-state index in [0.717, 1.165) is 48.7 Å². The first-order chi connectivity index (χ1) is 16.3. The minimum absolute atomic E-state index is 0.747. The van der Waals surface area contributed by atoms with Crippen molar-refractivity contribution in [3.63, 3.8) is 0 Å². The summed E-state index contributed by atoms with van der Waals surface area (Å²) >= 11 is 0. The monoisotopic (exact) mass is 433 g/mol. The van der Waals surface area contributed by atoms with E-state index in [1.807, 2.05) is 36.1 Å². The predicted octanol–water partition coefficient (Wildman–Crippen LogP) is 5.36. The molecule has 0 bridgehead atoms. The van der Waals surface area contributed by atoms with Crippen LogP contribution in [0.15, 0.2) is 97.3 Å². The van der Waals surface area contributed by atoms with E-state index in [1.165, 1.54) is 16.7 Å². The standard InChI is InChI=1S/C28H27N5/c1-32-21-29-26-27(32)30-25(18-17-22-11-5-2-6-12-22)31-28(26)33(19-23-13-7-3-8-14-23)20-24-15-9-4-10-16-24/h2-16,21H,17-20H2,1H3. The van der Waals surface area contributed by atoms with Crippen molar-refractivity contribution in [3.05, 3.63) is 120 Å². The fourth-order valence-corrected chi connectivity index (χ4v) is 4.08. The van der Waals surface area contributed by atoms with Gasteiger partial charge >= 0.3 is 0 Å². The van der Waals surface area contributed by atoms with Gasteiger partial charge in [-0.1, -0.05) is 91.0 Å². The van der Waals surface area contributed by atoms with E-state index in [-0.39, 0.29) is 0 Å². The van der Waals surface area contributed by atoms with Crippen LogP contribution in [0, 0.1) is 0 Å². The van der Waals surface area contributed by atoms with Gasteiger partial charge in [0.1, 0.15) is 5.82 Å². The molecule has 3 aromatic carbocycles. The van der Waals surface area contributed by atoms with Gasteiger partial charge in [0.2, 0.25) is 0 Å². The van der Waals surface area contributed by atoms with E-state index in [4.69, 9.17) is 9.97 Å². The summed E-state index contributed by atoms with van der Waals surface area (Å²) in [6, 6.07) is 31.6. The number of rotatable bonds is 8. The lowest BCUT2D eigenvalue weighted by atomic mass is 10.1. The van der Waals surface area contributed by atoms with E-state index in [2.05, 4.69) is 82.7 Å². The van der Waals surface area contributed by atoms with Crippen molar-refractivity contribution in [1.29, 1.82) is 0 Å². The van der Waals surface area contributed by atoms with E-state index >= 15 is 0 Å². The highest BCUT2D eigenvalue weighted by Gasteiger charge is 2.19. The number of anilines is 1. The van der Waals surface area contributed by atoms with E-state index in [1.54, 1.807) is 0 Å². The first kappa shape index (κ1) is 20.9. The Balaban J connectivity index is 1.54. The third kappa shape index (κ3) is 4.93. The van der Waals surface area contributed by atoms with Gasteiger partial charge in [-0.3, -0.25) is 0 Å². The van der Waals surface area contributed by atoms with Gasteiger partial charge in [-0.2, -0.15) is 0 Å². The van der Waals surface area contributed by atoms with Gasteiger partial charge in [-0.15, -0.1) is 0 Å². The van der Waals surface area contributed by atoms with Crippen LogP contribution in [0.3, 0.4) is 0 Å². The zero-order valence-electron chi connectivity index (χ0n) is 18.8. The molecule has 5 nitrogen and oxygen atoms in total. The fourth-order valence-electron chi connectivity index (χ4n) is 4.08. The zero-order chi connectivity index (χ0) is 22.5. The molecule has 164 valence electrons. The van der Waals surface area contributed by atoms with Crippen molar-refractivity contribution < 1.29 is 0 Å². The molecule has 0 saturated carbocycles. The van der Waals surface area contributed by atoms with Crippen LogP contribution in [-0.2, 0) is 33.0 Å². The van der Waals surface area contributed by atoms with Crippen molar-refractivity contribution in [3.8, 4) is 0 Å². The average Bonchev–Trinajstić information content (AvgIpc) is 3.24. The summed E-state index contributed by atoms with van der Waals surface area (Å²) in [5.41, 5.74) is 5.48. The molecular weight excluding hydrogens is 406 g/mol. The highest BCUT2D eigenvalue weighted by molar-refractivity contribution is 5.83. The largest absolute Gasteiger partial charge is 0.346 e. The van der Waals surface area contributed by atoms with Crippen LogP contribution in [-0.4, -0.2) is 19.5 Å². The van der Waals surface area contributed by atoms with Crippen LogP contribution < -0.4 is 4.90 Å². The number of hydrogen-bond acceptors (Lipinski definition) is 4. The number of nitrogens with zero attached hydrogens (tertiary/aromatic N) is 5. The van der Waals surface area contributed by atoms with Crippen LogP contribution in [0.4, 0.5) is 5.82 Å². The minimum Gasteiger partial charge on any atom is -0.346 e. The Hall–Kier alpha value is -3.99. The maximum absolute atomic E-state index is 5.06. The molecule has 0 unspecified atom stereocenters. The maximum atomic E-state index is 5.06. The van der Waals surface area contributed by atoms with E-state index < -0.39 is 0 Å². The number of hydrogen-bond donors (Lipinski definition) is 0. The highest BCUT2D eigenvalue weighted by atomic mass is 15.2. The second kappa shape index (κ2) is 9.65. The summed E-state index contributed by atoms with van der Waals surface area (Å²) in [7, 11) is 1.99. The number of aromatic nitrogens is 4. The molecule has 0 atom stereocenters. The van der Waals surface area contributed by atoms with Crippen molar-refractivity contribution in [1.82, 2.24) is 19.5 Å². The number of benzene rings is 3. The van der Waals surface area contributed by atoms with Gasteiger partial charge in [0, 0.05) is 26.6 Å². The van der Waals surface area contributed by atoms with Crippen LogP contribution in [0.2, 0.25) is 0 Å². The molecule has 0 spiro atoms. The number of aryl methyl sites for hydroxylation is 3. The molecule has 0 aliphatic rings. The lowest BCUT2D eigenvalue weighted by Gasteiger charge is -2.25. The summed E-state index contributed by atoms with van der Waals surface area (Å²) in [4.78, 5) is 16.9. The molecule has 5 aromatic rings. The van der Waals surface area contributed by atoms with Crippen LogP contribution in [0.1, 0.15) is 22.5 Å². The molecule has 0 fully saturated rings. The molecule has 0 N–H and O–H groups in total. The van der Waals surface area contributed by atoms with Gasteiger partial charge in [0.25, 0.3) is 0 Å². The predicted molar refractivity (Wildman–Crippen MR) is 133 cm³/mol. The fraction of sp³-hybridized carbons (Fsp3) is 0.179. The summed E-state index contributed by atoms with van der Waals surface area (Å²) in [6.45, 7) is 1.49. The maximum Gasteiger partial charge on any atom is 0.165 e. The van der Waals surface area contributed by atoms with Crippen molar-refractivity contribution in [2.45, 2.75) is 25.9 Å². The molecule has 33 heavy (non-hydrogen) atoms. The first-order valence-electron chi connectivity index (χ1n) is 11.3. The van der Waals surface area contributed by atoms with Crippen LogP contribution in [0.25, 0.3) is 11.2 Å². The normalized spacial score (nSPS) is 11.1. The molecule has 0 radical (unpaired) electrons. The second-order valence-electron chi connectivity index (χ2n) is 8.30. The molecule has 0 aliphatic carbocycles. The van der Waals surface area contributed by atoms with Crippen molar-refractivity contribution in [2.24, 2.45) is 7.05 Å². The highest BCUT2D eigenvalue weighted by Crippen LogP contribution is 2.26. The van der Waals surface area contributed by atoms with Crippen molar-refractivity contribution >= 4 is 17.0 Å². The SMILES string of the molecule is Cn1cnc2c(N(Cc3ccccc3)Cc3ccccc3)nc(CCc3ccccc3)nc21. The third-order valence-electron chi connectivity index (χ3n) is 5.80. The van der Waals surface area contributed by atoms with Gasteiger partial charge in [0.15, 0.2) is 17.0 Å². The molecule has 0 aliphatic heterocycles. The average molecular weight is 434 g/mol. The van der Waals surface area contributed by atoms with Gasteiger partial charge in [-0.25, -0.2) is 15.0 Å². The summed E-state index contributed by atoms with van der Waals surface area (Å²) < 4.78 is 1.98. The molecular formula is C28H27N5. The Labute approximate surface area is 194 Å². The molecule has 2 heterocycles. The number of imidazole rings is 1. The summed E-state index contributed by atoms with van der Waals surface area (Å²) in [5, 5.41) is 0. The Morgan fingerprint density at radius 3 is 1.79 bits per heavy atom. The second-order valence-corrected chi connectivity index (χ2v) is 8.30. The smallest absolute Gasteiger partial charge is 0.165 e. The molecule has 5 heteroatoms. The van der Waals surface area contributed by atoms with E-state index in [9.17, 15) is 0 Å². The number of fused-ring (bicyclic) bond motifs is 1. The van der Waals surface area contributed by atoms with Crippen LogP contribution >= 0.6 is 0 Å². The van der Waals surface area contributed by atoms with Gasteiger partial charge in [0.05, 0.1) is 6.33 Å². The van der Waals surface area contributed by atoms with Gasteiger partial charge < -0.3 is 9.47 Å². The molecule has 0 amide bonds. The summed E-state index contributed by atoms with van der Waals surface area (Å²) in [5.74, 6) is 1.73. The Kier molecular flexibility index (Phi) is 6.11. The quantitative estimate of drug-likeness (QED) is 0.331. The lowest BCUT2D eigenvalue weighted by Crippen LogP contribution is -2.24. The Morgan fingerprint density at radius 2 is 1.21 bits per heavy atom. The Morgan fingerprint density at radius 1 is 0.667 bits per heavy atom. The topological polar surface area (TPSA) is 46.8 Å². The van der Waals surface area contributed by atoms with Gasteiger partial charge in [-0.05, 0) is 23.1 Å². The summed E-state index contributed by atoms with van der Waals surface area (Å²) in [6.07, 6.45) is 3.51. The lowest BCUT2D eigenvalue weighted by molar-refractivity contribution is 0.768. The van der Waals surface area contributed by atoms with Crippen LogP contribution in [0.5, 0.6) is 0 Å². The van der Waals surface area contributed by atoms with Crippen molar-refractivity contribution in [2.75, 3.05) is 4.90 Å². The van der Waals surface area contributed by atoms with E-state index in [0.29, 0.717) is 0 Å². The molecule has 0 saturated heterocycles. The molecule has 5 rings (SSSR count). The third-order valence-corrected chi connectivity index (χ3v) is 5.80. The molecule has 2 aromatic heterocycles. The minimum atomic E-state index is 0.747.